The van der Waals surface area contributed by atoms with Crippen molar-refractivity contribution in [1.82, 2.24) is 0 Å². The summed E-state index contributed by atoms with van der Waals surface area (Å²) in [4.78, 5) is 0.217. The molecule has 0 aliphatic heterocycles. The van der Waals surface area contributed by atoms with Crippen LogP contribution in [0, 0.1) is 0 Å². The molecule has 0 saturated heterocycles. The van der Waals surface area contributed by atoms with Crippen molar-refractivity contribution in [3.8, 4) is 5.75 Å². The zero-order chi connectivity index (χ0) is 13.1. The lowest BCUT2D eigenvalue weighted by Crippen LogP contribution is -2.00. The number of benzene rings is 1. The van der Waals surface area contributed by atoms with Gasteiger partial charge in [-0.1, -0.05) is 19.2 Å². The van der Waals surface area contributed by atoms with Crippen LogP contribution in [0.15, 0.2) is 35.9 Å². The minimum Gasteiger partial charge on any atom is -0.495 e. The summed E-state index contributed by atoms with van der Waals surface area (Å²) < 4.78 is 28.3. The van der Waals surface area contributed by atoms with Crippen molar-refractivity contribution in [1.29, 1.82) is 0 Å². The van der Waals surface area contributed by atoms with Crippen LogP contribution in [0.1, 0.15) is 11.1 Å². The van der Waals surface area contributed by atoms with Gasteiger partial charge in [0.1, 0.15) is 5.75 Å². The molecule has 4 heteroatoms. The van der Waals surface area contributed by atoms with E-state index in [9.17, 15) is 8.42 Å². The zero-order valence-electron chi connectivity index (χ0n) is 9.86. The van der Waals surface area contributed by atoms with Gasteiger partial charge in [-0.25, -0.2) is 8.42 Å². The predicted octanol–water partition coefficient (Wildman–Crippen LogP) is 2.54. The van der Waals surface area contributed by atoms with E-state index in [0.717, 1.165) is 6.26 Å². The molecule has 0 N–H and O–H groups in total. The van der Waals surface area contributed by atoms with Gasteiger partial charge in [-0.3, -0.25) is 0 Å². The smallest absolute Gasteiger partial charge is 0.175 e. The molecule has 0 bridgehead atoms. The molecule has 0 aliphatic rings. The third-order valence-corrected chi connectivity index (χ3v) is 3.32. The summed E-state index contributed by atoms with van der Waals surface area (Å²) >= 11 is 0. The Morgan fingerprint density at radius 2 is 1.94 bits per heavy atom. The molecule has 1 rings (SSSR count). The summed E-state index contributed by atoms with van der Waals surface area (Å²) in [5.41, 5.74) is 3.84. The van der Waals surface area contributed by atoms with Crippen molar-refractivity contribution in [3.63, 3.8) is 0 Å². The first-order valence-electron chi connectivity index (χ1n) is 4.84. The molecule has 1 aromatic carbocycles. The second-order valence-electron chi connectivity index (χ2n) is 3.46. The number of rotatable bonds is 4. The van der Waals surface area contributed by atoms with Crippen molar-refractivity contribution in [3.05, 3.63) is 42.1 Å². The van der Waals surface area contributed by atoms with Crippen molar-refractivity contribution in [2.24, 2.45) is 0 Å². The Labute approximate surface area is 102 Å². The number of sulfone groups is 1. The van der Waals surface area contributed by atoms with Gasteiger partial charge in [-0.2, -0.15) is 0 Å². The largest absolute Gasteiger partial charge is 0.495 e. The summed E-state index contributed by atoms with van der Waals surface area (Å²) in [5.74, 6) is 0.559. The van der Waals surface area contributed by atoms with Crippen molar-refractivity contribution >= 4 is 22.0 Å². The standard InChI is InChI=1S/C13H14O3S/c1-5-7-11-9-12(17(4,14)15)8-10(6-2)13(11)16-3/h6-9H,1-2H2,3-4H3. The van der Waals surface area contributed by atoms with E-state index >= 15 is 0 Å². The molecule has 0 spiro atoms. The van der Waals surface area contributed by atoms with E-state index in [-0.39, 0.29) is 4.90 Å². The fourth-order valence-electron chi connectivity index (χ4n) is 1.46. The topological polar surface area (TPSA) is 43.4 Å². The Balaban J connectivity index is 3.68. The molecular formula is C13H14O3S. The van der Waals surface area contributed by atoms with E-state index in [4.69, 9.17) is 4.74 Å². The van der Waals surface area contributed by atoms with Crippen LogP contribution in [0.25, 0.3) is 12.2 Å². The van der Waals surface area contributed by atoms with E-state index in [1.54, 1.807) is 12.2 Å². The lowest BCUT2D eigenvalue weighted by Gasteiger charge is -2.10. The number of ether oxygens (including phenoxy) is 1. The minimum atomic E-state index is -3.27. The first-order chi connectivity index (χ1) is 7.93. The average Bonchev–Trinajstić information content (AvgIpc) is 2.27. The zero-order valence-corrected chi connectivity index (χ0v) is 10.7. The van der Waals surface area contributed by atoms with Gasteiger partial charge in [-0.15, -0.1) is 5.73 Å². The van der Waals surface area contributed by atoms with Gasteiger partial charge in [0.2, 0.25) is 0 Å². The first-order valence-corrected chi connectivity index (χ1v) is 6.73. The van der Waals surface area contributed by atoms with Crippen LogP contribution in [-0.4, -0.2) is 21.8 Å². The molecule has 0 unspecified atom stereocenters. The van der Waals surface area contributed by atoms with Gasteiger partial charge in [0.15, 0.2) is 9.84 Å². The van der Waals surface area contributed by atoms with Crippen molar-refractivity contribution in [2.45, 2.75) is 4.90 Å². The maximum absolute atomic E-state index is 11.5. The fourth-order valence-corrected chi connectivity index (χ4v) is 2.15. The second-order valence-corrected chi connectivity index (χ2v) is 5.48. The highest BCUT2D eigenvalue weighted by molar-refractivity contribution is 7.90. The van der Waals surface area contributed by atoms with Crippen LogP contribution in [-0.2, 0) is 9.84 Å². The number of hydrogen-bond acceptors (Lipinski definition) is 3. The molecule has 3 nitrogen and oxygen atoms in total. The monoisotopic (exact) mass is 250 g/mol. The molecule has 0 radical (unpaired) electrons. The first kappa shape index (κ1) is 13.3. The van der Waals surface area contributed by atoms with Gasteiger partial charge < -0.3 is 4.74 Å². The summed E-state index contributed by atoms with van der Waals surface area (Å²) in [7, 11) is -1.76. The molecule has 0 aliphatic carbocycles. The molecule has 0 atom stereocenters. The minimum absolute atomic E-state index is 0.217. The third kappa shape index (κ3) is 2.87. The van der Waals surface area contributed by atoms with Crippen molar-refractivity contribution in [2.75, 3.05) is 13.4 Å². The molecule has 0 heterocycles. The predicted molar refractivity (Wildman–Crippen MR) is 69.8 cm³/mol. The molecular weight excluding hydrogens is 236 g/mol. The Hall–Kier alpha value is -1.77. The Bertz CT molecular complexity index is 591. The van der Waals surface area contributed by atoms with E-state index in [1.165, 1.54) is 19.2 Å². The van der Waals surface area contributed by atoms with E-state index in [2.05, 4.69) is 18.9 Å². The Morgan fingerprint density at radius 3 is 2.35 bits per heavy atom. The summed E-state index contributed by atoms with van der Waals surface area (Å²) in [6, 6.07) is 3.06. The molecule has 1 aromatic rings. The maximum Gasteiger partial charge on any atom is 0.175 e. The highest BCUT2D eigenvalue weighted by atomic mass is 32.2. The molecule has 0 saturated carbocycles. The van der Waals surface area contributed by atoms with Gasteiger partial charge in [-0.05, 0) is 18.2 Å². The average molecular weight is 250 g/mol. The third-order valence-electron chi connectivity index (χ3n) is 2.23. The van der Waals surface area contributed by atoms with Crippen molar-refractivity contribution < 1.29 is 13.2 Å². The molecule has 0 aromatic heterocycles. The second kappa shape index (κ2) is 5.04. The van der Waals surface area contributed by atoms with Crippen LogP contribution in [0.4, 0.5) is 0 Å². The van der Waals surface area contributed by atoms with Gasteiger partial charge >= 0.3 is 0 Å². The Kier molecular flexibility index (Phi) is 3.94. The number of methoxy groups -OCH3 is 1. The van der Waals surface area contributed by atoms with E-state index in [1.807, 2.05) is 0 Å². The summed E-state index contributed by atoms with van der Waals surface area (Å²) in [6.07, 6.45) is 4.28. The van der Waals surface area contributed by atoms with Crippen LogP contribution < -0.4 is 4.74 Å². The van der Waals surface area contributed by atoms with Crippen LogP contribution in [0.3, 0.4) is 0 Å². The normalized spacial score (nSPS) is 10.5. The van der Waals surface area contributed by atoms with E-state index in [0.29, 0.717) is 16.9 Å². The van der Waals surface area contributed by atoms with Crippen LogP contribution in [0.5, 0.6) is 5.75 Å². The SMILES string of the molecule is C=C=Cc1cc(S(C)(=O)=O)cc(C=C)c1OC. The Morgan fingerprint density at radius 1 is 1.35 bits per heavy atom. The lowest BCUT2D eigenvalue weighted by atomic mass is 10.1. The number of hydrogen-bond donors (Lipinski definition) is 0. The highest BCUT2D eigenvalue weighted by Crippen LogP contribution is 2.29. The van der Waals surface area contributed by atoms with Gasteiger partial charge in [0.25, 0.3) is 0 Å². The molecule has 0 fully saturated rings. The quantitative estimate of drug-likeness (QED) is 0.771. The van der Waals surface area contributed by atoms with Gasteiger partial charge in [0, 0.05) is 17.4 Å². The summed E-state index contributed by atoms with van der Waals surface area (Å²) in [5, 5.41) is 0. The summed E-state index contributed by atoms with van der Waals surface area (Å²) in [6.45, 7) is 7.11. The van der Waals surface area contributed by atoms with Crippen LogP contribution in [0.2, 0.25) is 0 Å². The molecule has 90 valence electrons. The molecule has 17 heavy (non-hydrogen) atoms. The van der Waals surface area contributed by atoms with Crippen LogP contribution >= 0.6 is 0 Å². The van der Waals surface area contributed by atoms with Gasteiger partial charge in [0.05, 0.1) is 12.0 Å². The van der Waals surface area contributed by atoms with E-state index < -0.39 is 9.84 Å². The molecule has 0 amide bonds. The fraction of sp³-hybridized carbons (Fsp3) is 0.154. The maximum atomic E-state index is 11.5. The highest BCUT2D eigenvalue weighted by Gasteiger charge is 2.13. The lowest BCUT2D eigenvalue weighted by molar-refractivity contribution is 0.412.